The molecule has 0 aromatic carbocycles. The molecule has 0 unspecified atom stereocenters. The van der Waals surface area contributed by atoms with Crippen LogP contribution in [0.3, 0.4) is 0 Å². The molecule has 0 aromatic rings. The molecule has 0 radical (unpaired) electrons. The third-order valence-electron chi connectivity index (χ3n) is 2.24. The Balaban J connectivity index is 4.20. The van der Waals surface area contributed by atoms with E-state index in [-0.39, 0.29) is 16.9 Å². The van der Waals surface area contributed by atoms with Gasteiger partial charge in [0.25, 0.3) is 0 Å². The monoisotopic (exact) mass is 187 g/mol. The van der Waals surface area contributed by atoms with Gasteiger partial charge in [-0.05, 0) is 17.3 Å². The molecule has 0 saturated heterocycles. The Morgan fingerprint density at radius 2 is 1.46 bits per heavy atom. The predicted molar refractivity (Wildman–Crippen MR) is 57.5 cm³/mol. The standard InChI is InChI=1S/C11H25NO/c1-10(2,3)7-8(13)9(12)11(4,5)6/h8-9,13H,7,12H2,1-6H3/t8-,9+/m0/s1. The zero-order valence-electron chi connectivity index (χ0n) is 9.89. The second-order valence-corrected chi connectivity index (χ2v) is 6.22. The van der Waals surface area contributed by atoms with Crippen molar-refractivity contribution in [2.45, 2.75) is 60.1 Å². The van der Waals surface area contributed by atoms with Gasteiger partial charge in [-0.1, -0.05) is 41.5 Å². The second kappa shape index (κ2) is 3.97. The Bertz CT molecular complexity index is 152. The highest BCUT2D eigenvalue weighted by molar-refractivity contribution is 4.85. The van der Waals surface area contributed by atoms with E-state index in [4.69, 9.17) is 5.73 Å². The van der Waals surface area contributed by atoms with Crippen molar-refractivity contribution in [1.82, 2.24) is 0 Å². The molecule has 0 aliphatic rings. The molecule has 2 nitrogen and oxygen atoms in total. The van der Waals surface area contributed by atoms with Crippen LogP contribution in [0.4, 0.5) is 0 Å². The molecule has 0 heterocycles. The molecule has 0 bridgehead atoms. The Morgan fingerprint density at radius 3 is 1.69 bits per heavy atom. The lowest BCUT2D eigenvalue weighted by Gasteiger charge is -2.34. The lowest BCUT2D eigenvalue weighted by atomic mass is 9.78. The lowest BCUT2D eigenvalue weighted by molar-refractivity contribution is 0.0574. The van der Waals surface area contributed by atoms with E-state index < -0.39 is 6.10 Å². The molecular formula is C11H25NO. The SMILES string of the molecule is CC(C)(C)C[C@H](O)[C@@H](N)C(C)(C)C. The van der Waals surface area contributed by atoms with Crippen LogP contribution in [0.1, 0.15) is 48.0 Å². The predicted octanol–water partition coefficient (Wildman–Crippen LogP) is 2.16. The van der Waals surface area contributed by atoms with Crippen molar-refractivity contribution in [2.24, 2.45) is 16.6 Å². The van der Waals surface area contributed by atoms with Crippen LogP contribution in [0.5, 0.6) is 0 Å². The molecule has 2 atom stereocenters. The van der Waals surface area contributed by atoms with Crippen molar-refractivity contribution < 1.29 is 5.11 Å². The normalized spacial score (nSPS) is 18.5. The van der Waals surface area contributed by atoms with E-state index in [9.17, 15) is 5.11 Å². The van der Waals surface area contributed by atoms with Crippen molar-refractivity contribution in [3.63, 3.8) is 0 Å². The Kier molecular flexibility index (Phi) is 3.95. The number of aliphatic hydroxyl groups is 1. The number of rotatable bonds is 2. The van der Waals surface area contributed by atoms with Gasteiger partial charge in [0.1, 0.15) is 0 Å². The van der Waals surface area contributed by atoms with E-state index in [1.54, 1.807) is 0 Å². The summed E-state index contributed by atoms with van der Waals surface area (Å²) in [5.74, 6) is 0. The van der Waals surface area contributed by atoms with Crippen LogP contribution >= 0.6 is 0 Å². The zero-order valence-corrected chi connectivity index (χ0v) is 9.89. The fraction of sp³-hybridized carbons (Fsp3) is 1.00. The summed E-state index contributed by atoms with van der Waals surface area (Å²) in [6, 6.07) is -0.147. The molecule has 2 heteroatoms. The maximum Gasteiger partial charge on any atom is 0.0701 e. The van der Waals surface area contributed by atoms with Crippen molar-refractivity contribution in [3.8, 4) is 0 Å². The summed E-state index contributed by atoms with van der Waals surface area (Å²) in [6.07, 6.45) is 0.353. The highest BCUT2D eigenvalue weighted by atomic mass is 16.3. The van der Waals surface area contributed by atoms with Gasteiger partial charge in [0.2, 0.25) is 0 Å². The fourth-order valence-electron chi connectivity index (χ4n) is 1.33. The van der Waals surface area contributed by atoms with E-state index in [0.29, 0.717) is 0 Å². The summed E-state index contributed by atoms with van der Waals surface area (Å²) < 4.78 is 0. The minimum Gasteiger partial charge on any atom is -0.391 e. The molecule has 13 heavy (non-hydrogen) atoms. The maximum absolute atomic E-state index is 9.86. The Hall–Kier alpha value is -0.0800. The van der Waals surface area contributed by atoms with Crippen LogP contribution in [0.25, 0.3) is 0 Å². The van der Waals surface area contributed by atoms with Crippen LogP contribution in [-0.2, 0) is 0 Å². The molecule has 0 aliphatic carbocycles. The van der Waals surface area contributed by atoms with E-state index >= 15 is 0 Å². The minimum absolute atomic E-state index is 0.0231. The summed E-state index contributed by atoms with van der Waals surface area (Å²) in [5, 5.41) is 9.86. The van der Waals surface area contributed by atoms with Gasteiger partial charge in [-0.25, -0.2) is 0 Å². The smallest absolute Gasteiger partial charge is 0.0701 e. The summed E-state index contributed by atoms with van der Waals surface area (Å²) in [4.78, 5) is 0. The largest absolute Gasteiger partial charge is 0.391 e. The van der Waals surface area contributed by atoms with Gasteiger partial charge in [0, 0.05) is 6.04 Å². The number of aliphatic hydroxyl groups excluding tert-OH is 1. The molecule has 3 N–H and O–H groups in total. The van der Waals surface area contributed by atoms with Gasteiger partial charge in [-0.3, -0.25) is 0 Å². The van der Waals surface area contributed by atoms with Crippen molar-refractivity contribution in [2.75, 3.05) is 0 Å². The van der Waals surface area contributed by atoms with Gasteiger partial charge in [-0.2, -0.15) is 0 Å². The number of hydrogen-bond donors (Lipinski definition) is 2. The Morgan fingerprint density at radius 1 is 1.08 bits per heavy atom. The third kappa shape index (κ3) is 5.27. The summed E-state index contributed by atoms with van der Waals surface area (Å²) in [6.45, 7) is 12.5. The molecule has 0 aliphatic heterocycles. The highest BCUT2D eigenvalue weighted by Crippen LogP contribution is 2.27. The van der Waals surface area contributed by atoms with Crippen LogP contribution in [0.15, 0.2) is 0 Å². The molecule has 0 saturated carbocycles. The van der Waals surface area contributed by atoms with Crippen LogP contribution in [-0.4, -0.2) is 17.3 Å². The molecule has 0 fully saturated rings. The van der Waals surface area contributed by atoms with Crippen LogP contribution < -0.4 is 5.73 Å². The lowest BCUT2D eigenvalue weighted by Crippen LogP contribution is -2.46. The van der Waals surface area contributed by atoms with E-state index in [1.807, 2.05) is 0 Å². The molecular weight excluding hydrogens is 162 g/mol. The van der Waals surface area contributed by atoms with Crippen molar-refractivity contribution in [3.05, 3.63) is 0 Å². The molecule has 80 valence electrons. The summed E-state index contributed by atoms with van der Waals surface area (Å²) in [5.41, 5.74) is 6.07. The van der Waals surface area contributed by atoms with Crippen molar-refractivity contribution >= 4 is 0 Å². The van der Waals surface area contributed by atoms with Crippen LogP contribution in [0.2, 0.25) is 0 Å². The molecule has 0 spiro atoms. The van der Waals surface area contributed by atoms with E-state index in [1.165, 1.54) is 0 Å². The molecule has 0 amide bonds. The highest BCUT2D eigenvalue weighted by Gasteiger charge is 2.30. The number of nitrogens with two attached hydrogens (primary N) is 1. The first kappa shape index (κ1) is 12.9. The van der Waals surface area contributed by atoms with Gasteiger partial charge in [0.05, 0.1) is 6.10 Å². The quantitative estimate of drug-likeness (QED) is 0.696. The molecule has 0 aromatic heterocycles. The second-order valence-electron chi connectivity index (χ2n) is 6.22. The topological polar surface area (TPSA) is 46.2 Å². The van der Waals surface area contributed by atoms with E-state index in [0.717, 1.165) is 6.42 Å². The first-order valence-corrected chi connectivity index (χ1v) is 4.98. The summed E-state index contributed by atoms with van der Waals surface area (Å²) >= 11 is 0. The van der Waals surface area contributed by atoms with Gasteiger partial charge in [-0.15, -0.1) is 0 Å². The first-order valence-electron chi connectivity index (χ1n) is 4.98. The number of hydrogen-bond acceptors (Lipinski definition) is 2. The molecule has 0 rings (SSSR count). The van der Waals surface area contributed by atoms with Crippen LogP contribution in [0, 0.1) is 10.8 Å². The summed E-state index contributed by atoms with van der Waals surface area (Å²) in [7, 11) is 0. The third-order valence-corrected chi connectivity index (χ3v) is 2.24. The minimum atomic E-state index is -0.403. The first-order chi connectivity index (χ1) is 5.54. The van der Waals surface area contributed by atoms with Gasteiger partial charge >= 0.3 is 0 Å². The van der Waals surface area contributed by atoms with Gasteiger partial charge < -0.3 is 10.8 Å². The fourth-order valence-corrected chi connectivity index (χ4v) is 1.33. The van der Waals surface area contributed by atoms with E-state index in [2.05, 4.69) is 41.5 Å². The average molecular weight is 187 g/mol. The maximum atomic E-state index is 9.86. The average Bonchev–Trinajstić information content (AvgIpc) is 1.79. The zero-order chi connectivity index (χ0) is 10.9. The van der Waals surface area contributed by atoms with Gasteiger partial charge in [0.15, 0.2) is 0 Å². The van der Waals surface area contributed by atoms with Crippen molar-refractivity contribution in [1.29, 1.82) is 0 Å². The Labute approximate surface area is 82.5 Å².